The van der Waals surface area contributed by atoms with Crippen molar-refractivity contribution in [3.63, 3.8) is 0 Å². The Labute approximate surface area is 127 Å². The van der Waals surface area contributed by atoms with Crippen molar-refractivity contribution in [2.24, 2.45) is 0 Å². The largest absolute Gasteiger partial charge is 0.326 e. The Bertz CT molecular complexity index is 715. The average molecular weight is 301 g/mol. The van der Waals surface area contributed by atoms with E-state index in [0.29, 0.717) is 16.4 Å². The topological polar surface area (TPSA) is 58.2 Å². The van der Waals surface area contributed by atoms with Gasteiger partial charge < -0.3 is 10.6 Å². The van der Waals surface area contributed by atoms with Gasteiger partial charge in [0.05, 0.1) is 5.92 Å². The lowest BCUT2D eigenvalue weighted by atomic mass is 9.90. The molecular formula is C16H13ClN2O2. The predicted molar refractivity (Wildman–Crippen MR) is 82.5 cm³/mol. The van der Waals surface area contributed by atoms with Gasteiger partial charge in [-0.2, -0.15) is 0 Å². The molecule has 0 saturated heterocycles. The third-order valence-corrected chi connectivity index (χ3v) is 3.64. The lowest BCUT2D eigenvalue weighted by molar-refractivity contribution is -0.123. The van der Waals surface area contributed by atoms with Gasteiger partial charge in [-0.1, -0.05) is 35.9 Å². The van der Waals surface area contributed by atoms with Crippen molar-refractivity contribution in [3.05, 3.63) is 59.1 Å². The van der Waals surface area contributed by atoms with Crippen LogP contribution in [0.4, 0.5) is 11.4 Å². The van der Waals surface area contributed by atoms with Crippen LogP contribution in [0.25, 0.3) is 0 Å². The summed E-state index contributed by atoms with van der Waals surface area (Å²) in [5.74, 6) is -0.853. The van der Waals surface area contributed by atoms with Crippen molar-refractivity contribution in [3.8, 4) is 0 Å². The molecular weight excluding hydrogens is 288 g/mol. The SMILES string of the molecule is O=C1C[C@H](C(=O)Nc2cccc(Cl)c2)c2ccccc2N1. The summed E-state index contributed by atoms with van der Waals surface area (Å²) in [5.41, 5.74) is 2.15. The van der Waals surface area contributed by atoms with Crippen molar-refractivity contribution in [2.45, 2.75) is 12.3 Å². The highest BCUT2D eigenvalue weighted by Gasteiger charge is 2.30. The van der Waals surface area contributed by atoms with Gasteiger partial charge in [0.25, 0.3) is 0 Å². The molecule has 21 heavy (non-hydrogen) atoms. The van der Waals surface area contributed by atoms with E-state index in [4.69, 9.17) is 11.6 Å². The minimum Gasteiger partial charge on any atom is -0.326 e. The average Bonchev–Trinajstić information content (AvgIpc) is 2.46. The van der Waals surface area contributed by atoms with Crippen LogP contribution in [0.3, 0.4) is 0 Å². The summed E-state index contributed by atoms with van der Waals surface area (Å²) < 4.78 is 0. The van der Waals surface area contributed by atoms with Gasteiger partial charge in [-0.3, -0.25) is 9.59 Å². The minimum atomic E-state index is -0.492. The number of rotatable bonds is 2. The number of para-hydroxylation sites is 1. The number of nitrogens with one attached hydrogen (secondary N) is 2. The van der Waals surface area contributed by atoms with Crippen molar-refractivity contribution in [1.29, 1.82) is 0 Å². The van der Waals surface area contributed by atoms with Crippen molar-refractivity contribution in [2.75, 3.05) is 10.6 Å². The smallest absolute Gasteiger partial charge is 0.232 e. The third-order valence-electron chi connectivity index (χ3n) is 3.41. The number of amides is 2. The van der Waals surface area contributed by atoms with E-state index in [9.17, 15) is 9.59 Å². The second kappa shape index (κ2) is 5.58. The standard InChI is InChI=1S/C16H13ClN2O2/c17-10-4-3-5-11(8-10)18-16(21)13-9-15(20)19-14-7-2-1-6-12(13)14/h1-8,13H,9H2,(H,18,21)(H,19,20)/t13-/m0/s1. The second-order valence-electron chi connectivity index (χ2n) is 4.89. The van der Waals surface area contributed by atoms with E-state index in [1.165, 1.54) is 0 Å². The molecule has 0 fully saturated rings. The highest BCUT2D eigenvalue weighted by Crippen LogP contribution is 2.32. The Kier molecular flexibility index (Phi) is 3.62. The predicted octanol–water partition coefficient (Wildman–Crippen LogP) is 3.40. The Morgan fingerprint density at radius 2 is 2.00 bits per heavy atom. The first kappa shape index (κ1) is 13.6. The van der Waals surface area contributed by atoms with E-state index >= 15 is 0 Å². The van der Waals surface area contributed by atoms with Crippen molar-refractivity contribution < 1.29 is 9.59 Å². The van der Waals surface area contributed by atoms with Crippen LogP contribution in [0.1, 0.15) is 17.9 Å². The molecule has 0 aromatic heterocycles. The van der Waals surface area contributed by atoms with Gasteiger partial charge in [-0.15, -0.1) is 0 Å². The molecule has 106 valence electrons. The van der Waals surface area contributed by atoms with Crippen molar-refractivity contribution in [1.82, 2.24) is 0 Å². The van der Waals surface area contributed by atoms with Crippen LogP contribution >= 0.6 is 11.6 Å². The number of hydrogen-bond acceptors (Lipinski definition) is 2. The molecule has 4 nitrogen and oxygen atoms in total. The highest BCUT2D eigenvalue weighted by molar-refractivity contribution is 6.30. The van der Waals surface area contributed by atoms with Gasteiger partial charge in [0.15, 0.2) is 0 Å². The van der Waals surface area contributed by atoms with E-state index < -0.39 is 5.92 Å². The molecule has 0 radical (unpaired) electrons. The van der Waals surface area contributed by atoms with E-state index in [2.05, 4.69) is 10.6 Å². The molecule has 2 aromatic rings. The lowest BCUT2D eigenvalue weighted by Crippen LogP contribution is -2.30. The number of carbonyl (C=O) groups excluding carboxylic acids is 2. The molecule has 1 atom stereocenters. The number of anilines is 2. The summed E-state index contributed by atoms with van der Waals surface area (Å²) in [6.07, 6.45) is 0.142. The Morgan fingerprint density at radius 1 is 1.19 bits per heavy atom. The lowest BCUT2D eigenvalue weighted by Gasteiger charge is -2.24. The van der Waals surface area contributed by atoms with Crippen LogP contribution in [-0.4, -0.2) is 11.8 Å². The summed E-state index contributed by atoms with van der Waals surface area (Å²) in [6.45, 7) is 0. The quantitative estimate of drug-likeness (QED) is 0.893. The van der Waals surface area contributed by atoms with Crippen LogP contribution in [0.15, 0.2) is 48.5 Å². The molecule has 1 aliphatic heterocycles. The van der Waals surface area contributed by atoms with Gasteiger partial charge in [0, 0.05) is 22.8 Å². The monoisotopic (exact) mass is 300 g/mol. The van der Waals surface area contributed by atoms with Gasteiger partial charge in [0.2, 0.25) is 11.8 Å². The van der Waals surface area contributed by atoms with Gasteiger partial charge in [-0.25, -0.2) is 0 Å². The molecule has 2 aromatic carbocycles. The summed E-state index contributed by atoms with van der Waals surface area (Å²) >= 11 is 5.90. The van der Waals surface area contributed by atoms with Gasteiger partial charge in [-0.05, 0) is 29.8 Å². The molecule has 3 rings (SSSR count). The molecule has 0 aliphatic carbocycles. The van der Waals surface area contributed by atoms with E-state index in [0.717, 1.165) is 5.56 Å². The molecule has 1 aliphatic rings. The first-order valence-electron chi connectivity index (χ1n) is 6.59. The highest BCUT2D eigenvalue weighted by atomic mass is 35.5. The maximum absolute atomic E-state index is 12.5. The minimum absolute atomic E-state index is 0.142. The van der Waals surface area contributed by atoms with E-state index in [1.807, 2.05) is 18.2 Å². The van der Waals surface area contributed by atoms with Crippen LogP contribution < -0.4 is 10.6 Å². The van der Waals surface area contributed by atoms with E-state index in [1.54, 1.807) is 30.3 Å². The fourth-order valence-corrected chi connectivity index (χ4v) is 2.63. The summed E-state index contributed by atoms with van der Waals surface area (Å²) in [6, 6.07) is 14.3. The first-order valence-corrected chi connectivity index (χ1v) is 6.96. The Hall–Kier alpha value is -2.33. The molecule has 0 spiro atoms. The first-order chi connectivity index (χ1) is 10.1. The van der Waals surface area contributed by atoms with Gasteiger partial charge >= 0.3 is 0 Å². The molecule has 0 saturated carbocycles. The maximum atomic E-state index is 12.5. The number of carbonyl (C=O) groups is 2. The van der Waals surface area contributed by atoms with Crippen LogP contribution in [0.5, 0.6) is 0 Å². The maximum Gasteiger partial charge on any atom is 0.232 e. The van der Waals surface area contributed by atoms with Crippen LogP contribution in [-0.2, 0) is 9.59 Å². The molecule has 2 amide bonds. The summed E-state index contributed by atoms with van der Waals surface area (Å²) in [5, 5.41) is 6.14. The zero-order valence-corrected chi connectivity index (χ0v) is 11.9. The number of benzene rings is 2. The van der Waals surface area contributed by atoms with Crippen LogP contribution in [0.2, 0.25) is 5.02 Å². The molecule has 0 bridgehead atoms. The fourth-order valence-electron chi connectivity index (χ4n) is 2.44. The fraction of sp³-hybridized carbons (Fsp3) is 0.125. The Balaban J connectivity index is 1.86. The normalized spacial score (nSPS) is 16.8. The number of hydrogen-bond donors (Lipinski definition) is 2. The zero-order valence-electron chi connectivity index (χ0n) is 11.1. The second-order valence-corrected chi connectivity index (χ2v) is 5.33. The zero-order chi connectivity index (χ0) is 14.8. The molecule has 5 heteroatoms. The van der Waals surface area contributed by atoms with Gasteiger partial charge in [0.1, 0.15) is 0 Å². The Morgan fingerprint density at radius 3 is 2.81 bits per heavy atom. The summed E-state index contributed by atoms with van der Waals surface area (Å²) in [7, 11) is 0. The van der Waals surface area contributed by atoms with E-state index in [-0.39, 0.29) is 18.2 Å². The third kappa shape index (κ3) is 2.90. The number of halogens is 1. The summed E-state index contributed by atoms with van der Waals surface area (Å²) in [4.78, 5) is 24.2. The molecule has 1 heterocycles. The van der Waals surface area contributed by atoms with Crippen LogP contribution in [0, 0.1) is 0 Å². The molecule has 0 unspecified atom stereocenters. The number of fused-ring (bicyclic) bond motifs is 1. The van der Waals surface area contributed by atoms with Crippen molar-refractivity contribution >= 4 is 34.8 Å². The molecule has 2 N–H and O–H groups in total.